The largest absolute Gasteiger partial charge is 0.490 e. The van der Waals surface area contributed by atoms with Crippen molar-refractivity contribution in [2.75, 3.05) is 0 Å². The monoisotopic (exact) mass is 236 g/mol. The van der Waals surface area contributed by atoms with Gasteiger partial charge in [-0.05, 0) is 26.0 Å². The van der Waals surface area contributed by atoms with E-state index in [0.717, 1.165) is 22.6 Å². The second kappa shape index (κ2) is 4.49. The number of aromatic nitrogens is 2. The fourth-order valence-corrected chi connectivity index (χ4v) is 1.98. The number of para-hydroxylation sites is 1. The predicted molar refractivity (Wildman–Crippen MR) is 63.9 cm³/mol. The van der Waals surface area contributed by atoms with Gasteiger partial charge in [-0.15, -0.1) is 0 Å². The summed E-state index contributed by atoms with van der Waals surface area (Å²) in [6.07, 6.45) is 0.0943. The van der Waals surface area contributed by atoms with Crippen molar-refractivity contribution in [1.29, 1.82) is 0 Å². The van der Waals surface area contributed by atoms with E-state index in [0.29, 0.717) is 5.01 Å². The molecule has 0 unspecified atom stereocenters. The van der Waals surface area contributed by atoms with Crippen LogP contribution in [0.2, 0.25) is 0 Å². The van der Waals surface area contributed by atoms with Gasteiger partial charge < -0.3 is 4.74 Å². The molecule has 0 amide bonds. The third kappa shape index (κ3) is 2.30. The summed E-state index contributed by atoms with van der Waals surface area (Å²) in [6, 6.07) is 7.57. The van der Waals surface area contributed by atoms with Gasteiger partial charge in [0.25, 0.3) is 0 Å². The van der Waals surface area contributed by atoms with Crippen molar-refractivity contribution in [1.82, 2.24) is 10.2 Å². The van der Waals surface area contributed by atoms with Crippen molar-refractivity contribution in [3.05, 3.63) is 33.9 Å². The molecule has 1 aromatic carbocycles. The summed E-state index contributed by atoms with van der Waals surface area (Å²) in [7, 11) is 0. The predicted octanol–water partition coefficient (Wildman–Crippen LogP) is 2.29. The van der Waals surface area contributed by atoms with Crippen LogP contribution >= 0.6 is 11.3 Å². The maximum Gasteiger partial charge on any atom is 0.322 e. The molecule has 0 aliphatic carbocycles. The molecular formula is C11H12N2O2S. The Bertz CT molecular complexity index is 531. The minimum absolute atomic E-state index is 0.0943. The van der Waals surface area contributed by atoms with Crippen LogP contribution in [0.4, 0.5) is 0 Å². The van der Waals surface area contributed by atoms with Crippen LogP contribution in [0.5, 0.6) is 5.75 Å². The number of aromatic amines is 1. The molecule has 84 valence electrons. The number of benzene rings is 1. The van der Waals surface area contributed by atoms with Gasteiger partial charge in [0, 0.05) is 0 Å². The first-order valence-electron chi connectivity index (χ1n) is 4.98. The number of ether oxygens (including phenoxy) is 1. The summed E-state index contributed by atoms with van der Waals surface area (Å²) in [5, 5.41) is 7.01. The Morgan fingerprint density at radius 2 is 2.12 bits per heavy atom. The summed E-state index contributed by atoms with van der Waals surface area (Å²) in [4.78, 5) is 10.9. The molecule has 0 spiro atoms. The lowest BCUT2D eigenvalue weighted by atomic mass is 10.2. The van der Waals surface area contributed by atoms with Gasteiger partial charge >= 0.3 is 4.87 Å². The van der Waals surface area contributed by atoms with Crippen LogP contribution in [0.1, 0.15) is 13.8 Å². The molecule has 0 bridgehead atoms. The summed E-state index contributed by atoms with van der Waals surface area (Å²) in [5.41, 5.74) is 0.847. The number of nitrogens with zero attached hydrogens (tertiary/aromatic N) is 1. The maximum atomic E-state index is 11.1. The Morgan fingerprint density at radius 1 is 1.38 bits per heavy atom. The van der Waals surface area contributed by atoms with Crippen LogP contribution in [0, 0.1) is 0 Å². The molecule has 1 heterocycles. The molecule has 2 aromatic rings. The van der Waals surface area contributed by atoms with Gasteiger partial charge in [0.2, 0.25) is 0 Å². The summed E-state index contributed by atoms with van der Waals surface area (Å²) < 4.78 is 5.66. The van der Waals surface area contributed by atoms with Crippen molar-refractivity contribution in [2.24, 2.45) is 0 Å². The number of H-pyrrole nitrogens is 1. The lowest BCUT2D eigenvalue weighted by Crippen LogP contribution is -2.06. The van der Waals surface area contributed by atoms with E-state index in [2.05, 4.69) is 10.2 Å². The third-order valence-corrected chi connectivity index (χ3v) is 2.70. The molecular weight excluding hydrogens is 224 g/mol. The number of hydrogen-bond acceptors (Lipinski definition) is 4. The Balaban J connectivity index is 2.44. The van der Waals surface area contributed by atoms with E-state index < -0.39 is 0 Å². The van der Waals surface area contributed by atoms with Gasteiger partial charge in [0.15, 0.2) is 5.01 Å². The zero-order chi connectivity index (χ0) is 11.5. The molecule has 1 N–H and O–H groups in total. The van der Waals surface area contributed by atoms with E-state index in [4.69, 9.17) is 4.74 Å². The molecule has 5 heteroatoms. The zero-order valence-electron chi connectivity index (χ0n) is 9.06. The normalized spacial score (nSPS) is 10.7. The molecule has 4 nitrogen and oxygen atoms in total. The van der Waals surface area contributed by atoms with Gasteiger partial charge in [0.05, 0.1) is 11.7 Å². The highest BCUT2D eigenvalue weighted by atomic mass is 32.1. The van der Waals surface area contributed by atoms with E-state index in [1.54, 1.807) is 0 Å². The highest BCUT2D eigenvalue weighted by Gasteiger charge is 2.10. The van der Waals surface area contributed by atoms with Crippen molar-refractivity contribution in [3.8, 4) is 16.3 Å². The third-order valence-electron chi connectivity index (χ3n) is 1.92. The number of rotatable bonds is 3. The van der Waals surface area contributed by atoms with Gasteiger partial charge in [-0.2, -0.15) is 5.10 Å². The topological polar surface area (TPSA) is 55.0 Å². The molecule has 0 radical (unpaired) electrons. The average Bonchev–Trinajstić information content (AvgIpc) is 2.65. The first-order chi connectivity index (χ1) is 7.66. The Hall–Kier alpha value is -1.62. The van der Waals surface area contributed by atoms with E-state index >= 15 is 0 Å². The van der Waals surface area contributed by atoms with Crippen LogP contribution in [0.3, 0.4) is 0 Å². The molecule has 0 saturated heterocycles. The van der Waals surface area contributed by atoms with Crippen LogP contribution in [-0.2, 0) is 0 Å². The Kier molecular flexibility index (Phi) is 3.05. The second-order valence-corrected chi connectivity index (χ2v) is 4.54. The number of nitrogens with one attached hydrogen (secondary N) is 1. The quantitative estimate of drug-likeness (QED) is 0.889. The van der Waals surface area contributed by atoms with Crippen molar-refractivity contribution < 1.29 is 4.74 Å². The summed E-state index contributed by atoms with van der Waals surface area (Å²) in [6.45, 7) is 3.92. The SMILES string of the molecule is CC(C)Oc1ccccc1-c1n[nH]c(=O)s1. The van der Waals surface area contributed by atoms with E-state index in [9.17, 15) is 4.79 Å². The Morgan fingerprint density at radius 3 is 2.75 bits per heavy atom. The molecule has 0 saturated carbocycles. The smallest absolute Gasteiger partial charge is 0.322 e. The standard InChI is InChI=1S/C11H12N2O2S/c1-7(2)15-9-6-4-3-5-8(9)10-12-13-11(14)16-10/h3-7H,1-2H3,(H,13,14). The minimum Gasteiger partial charge on any atom is -0.490 e. The maximum absolute atomic E-state index is 11.1. The average molecular weight is 236 g/mol. The second-order valence-electron chi connectivity index (χ2n) is 3.58. The van der Waals surface area contributed by atoms with Gasteiger partial charge in [0.1, 0.15) is 5.75 Å². The fourth-order valence-electron chi connectivity index (χ4n) is 1.35. The molecule has 0 atom stereocenters. The van der Waals surface area contributed by atoms with Gasteiger partial charge in [-0.25, -0.2) is 5.10 Å². The minimum atomic E-state index is -0.158. The molecule has 0 aliphatic rings. The zero-order valence-corrected chi connectivity index (χ0v) is 9.88. The van der Waals surface area contributed by atoms with Gasteiger partial charge in [-0.3, -0.25) is 4.79 Å². The van der Waals surface area contributed by atoms with Gasteiger partial charge in [-0.1, -0.05) is 23.5 Å². The van der Waals surface area contributed by atoms with Crippen molar-refractivity contribution in [3.63, 3.8) is 0 Å². The number of hydrogen-bond donors (Lipinski definition) is 1. The highest BCUT2D eigenvalue weighted by Crippen LogP contribution is 2.29. The Labute approximate surface area is 96.9 Å². The molecule has 1 aromatic heterocycles. The summed E-state index contributed by atoms with van der Waals surface area (Å²) >= 11 is 1.08. The lowest BCUT2D eigenvalue weighted by molar-refractivity contribution is 0.243. The molecule has 16 heavy (non-hydrogen) atoms. The van der Waals surface area contributed by atoms with Crippen LogP contribution in [0.15, 0.2) is 29.1 Å². The molecule has 0 aliphatic heterocycles. The van der Waals surface area contributed by atoms with Crippen LogP contribution in [0.25, 0.3) is 10.6 Å². The lowest BCUT2D eigenvalue weighted by Gasteiger charge is -2.12. The van der Waals surface area contributed by atoms with E-state index in [1.165, 1.54) is 0 Å². The van der Waals surface area contributed by atoms with E-state index in [-0.39, 0.29) is 11.0 Å². The van der Waals surface area contributed by atoms with Crippen molar-refractivity contribution >= 4 is 11.3 Å². The van der Waals surface area contributed by atoms with Crippen LogP contribution in [-0.4, -0.2) is 16.3 Å². The fraction of sp³-hybridized carbons (Fsp3) is 0.273. The van der Waals surface area contributed by atoms with Crippen LogP contribution < -0.4 is 9.61 Å². The van der Waals surface area contributed by atoms with Crippen molar-refractivity contribution in [2.45, 2.75) is 20.0 Å². The first kappa shape index (κ1) is 10.9. The first-order valence-corrected chi connectivity index (χ1v) is 5.80. The van der Waals surface area contributed by atoms with E-state index in [1.807, 2.05) is 38.1 Å². The summed E-state index contributed by atoms with van der Waals surface area (Å²) in [5.74, 6) is 0.750. The molecule has 2 rings (SSSR count). The molecule has 0 fully saturated rings. The highest BCUT2D eigenvalue weighted by molar-refractivity contribution is 7.12.